The Kier molecular flexibility index (Phi) is 8.16. The van der Waals surface area contributed by atoms with Gasteiger partial charge in [0, 0.05) is 24.1 Å². The van der Waals surface area contributed by atoms with Crippen LogP contribution in [0.2, 0.25) is 0 Å². The van der Waals surface area contributed by atoms with Gasteiger partial charge in [0.25, 0.3) is 0 Å². The number of carbonyl (C=O) groups is 3. The molecule has 0 saturated carbocycles. The minimum atomic E-state index is -1.01. The Labute approximate surface area is 253 Å². The molecule has 6 rings (SSSR count). The predicted molar refractivity (Wildman–Crippen MR) is 160 cm³/mol. The van der Waals surface area contributed by atoms with E-state index in [2.05, 4.69) is 0 Å². The van der Waals surface area contributed by atoms with Crippen LogP contribution in [0.15, 0.2) is 127 Å². The van der Waals surface area contributed by atoms with E-state index in [4.69, 9.17) is 18.9 Å². The number of hydrogen-bond donors (Lipinski definition) is 1. The van der Waals surface area contributed by atoms with Gasteiger partial charge in [-0.05, 0) is 54.1 Å². The maximum absolute atomic E-state index is 13.0. The molecule has 44 heavy (non-hydrogen) atoms. The van der Waals surface area contributed by atoms with Gasteiger partial charge < -0.3 is 24.1 Å². The van der Waals surface area contributed by atoms with Gasteiger partial charge in [-0.2, -0.15) is 0 Å². The number of fused-ring (bicyclic) bond motifs is 1. The summed E-state index contributed by atoms with van der Waals surface area (Å²) in [6.07, 6.45) is -1.72. The van der Waals surface area contributed by atoms with Crippen LogP contribution in [0.1, 0.15) is 48.3 Å². The van der Waals surface area contributed by atoms with Crippen LogP contribution >= 0.6 is 0 Å². The van der Waals surface area contributed by atoms with Crippen LogP contribution in [0, 0.1) is 0 Å². The fourth-order valence-corrected chi connectivity index (χ4v) is 4.81. The van der Waals surface area contributed by atoms with Gasteiger partial charge in [-0.1, -0.05) is 66.7 Å². The Morgan fingerprint density at radius 2 is 1.07 bits per heavy atom. The number of hydrogen-bond acceptors (Lipinski definition) is 8. The maximum atomic E-state index is 13.0. The van der Waals surface area contributed by atoms with E-state index in [1.165, 1.54) is 12.1 Å². The third-order valence-corrected chi connectivity index (χ3v) is 7.02. The van der Waals surface area contributed by atoms with Crippen LogP contribution in [0.5, 0.6) is 23.0 Å². The molecule has 0 radical (unpaired) electrons. The highest BCUT2D eigenvalue weighted by Crippen LogP contribution is 2.43. The highest BCUT2D eigenvalue weighted by atomic mass is 16.6. The first kappa shape index (κ1) is 28.4. The maximum Gasteiger partial charge on any atom is 0.343 e. The summed E-state index contributed by atoms with van der Waals surface area (Å²) >= 11 is 0. The number of aliphatic hydroxyl groups excluding tert-OH is 1. The summed E-state index contributed by atoms with van der Waals surface area (Å²) in [6.45, 7) is 0. The Balaban J connectivity index is 1.27. The van der Waals surface area contributed by atoms with Crippen molar-refractivity contribution in [3.8, 4) is 23.0 Å². The molecule has 0 saturated heterocycles. The third-order valence-electron chi connectivity index (χ3n) is 7.02. The molecule has 218 valence electrons. The zero-order chi connectivity index (χ0) is 30.5. The average Bonchev–Trinajstić information content (AvgIpc) is 3.06. The third kappa shape index (κ3) is 6.35. The van der Waals surface area contributed by atoms with Gasteiger partial charge in [0.2, 0.25) is 0 Å². The van der Waals surface area contributed by atoms with Gasteiger partial charge in [0.1, 0.15) is 29.1 Å². The van der Waals surface area contributed by atoms with E-state index in [-0.39, 0.29) is 23.7 Å². The lowest BCUT2D eigenvalue weighted by Gasteiger charge is -2.32. The van der Waals surface area contributed by atoms with Gasteiger partial charge in [-0.3, -0.25) is 0 Å². The molecule has 5 aromatic rings. The van der Waals surface area contributed by atoms with Crippen LogP contribution in [0.4, 0.5) is 0 Å². The van der Waals surface area contributed by atoms with E-state index in [1.807, 2.05) is 6.07 Å². The zero-order valence-electron chi connectivity index (χ0n) is 23.3. The number of aliphatic hydroxyl groups is 1. The summed E-state index contributed by atoms with van der Waals surface area (Å²) in [5.74, 6) is -0.876. The van der Waals surface area contributed by atoms with Crippen molar-refractivity contribution in [2.75, 3.05) is 0 Å². The summed E-state index contributed by atoms with van der Waals surface area (Å²) in [4.78, 5) is 38.2. The van der Waals surface area contributed by atoms with Crippen LogP contribution in [-0.2, 0) is 6.42 Å². The first-order valence-corrected chi connectivity index (χ1v) is 13.9. The minimum Gasteiger partial charge on any atom is -0.482 e. The molecule has 8 nitrogen and oxygen atoms in total. The zero-order valence-corrected chi connectivity index (χ0v) is 23.3. The van der Waals surface area contributed by atoms with E-state index in [0.29, 0.717) is 33.6 Å². The largest absolute Gasteiger partial charge is 0.482 e. The molecular formula is C36H26O8. The van der Waals surface area contributed by atoms with Crippen molar-refractivity contribution in [1.82, 2.24) is 0 Å². The molecule has 8 heteroatoms. The molecule has 0 spiro atoms. The predicted octanol–water partition coefficient (Wildman–Crippen LogP) is 6.38. The first-order valence-electron chi connectivity index (χ1n) is 13.9. The molecule has 0 aliphatic carbocycles. The van der Waals surface area contributed by atoms with Crippen molar-refractivity contribution in [3.05, 3.63) is 155 Å². The Morgan fingerprint density at radius 1 is 0.591 bits per heavy atom. The van der Waals surface area contributed by atoms with Crippen molar-refractivity contribution in [2.45, 2.75) is 18.6 Å². The van der Waals surface area contributed by atoms with E-state index in [0.717, 1.165) is 0 Å². The second-order valence-electron chi connectivity index (χ2n) is 10.0. The van der Waals surface area contributed by atoms with Crippen molar-refractivity contribution in [1.29, 1.82) is 0 Å². The van der Waals surface area contributed by atoms with Gasteiger partial charge in [0.05, 0.1) is 22.8 Å². The molecule has 0 aromatic heterocycles. The molecule has 0 unspecified atom stereocenters. The van der Waals surface area contributed by atoms with E-state index in [1.54, 1.807) is 109 Å². The van der Waals surface area contributed by atoms with Crippen molar-refractivity contribution in [3.63, 3.8) is 0 Å². The van der Waals surface area contributed by atoms with Gasteiger partial charge >= 0.3 is 17.9 Å². The molecule has 1 aliphatic heterocycles. The van der Waals surface area contributed by atoms with Gasteiger partial charge in [-0.15, -0.1) is 0 Å². The lowest BCUT2D eigenvalue weighted by Crippen LogP contribution is -2.31. The number of carbonyl (C=O) groups excluding carboxylic acids is 3. The SMILES string of the molecule is O=C(Oc1ccc([C@H]2Oc3cc(OC(=O)c4ccccc4)cc(OC(=O)c4ccccc4)c3C[C@H]2O)cc1)c1ccccc1. The molecule has 2 atom stereocenters. The second kappa shape index (κ2) is 12.6. The summed E-state index contributed by atoms with van der Waals surface area (Å²) in [5.41, 5.74) is 2.17. The second-order valence-corrected chi connectivity index (χ2v) is 10.0. The quantitative estimate of drug-likeness (QED) is 0.173. The van der Waals surface area contributed by atoms with Gasteiger partial charge in [0.15, 0.2) is 0 Å². The highest BCUT2D eigenvalue weighted by molar-refractivity contribution is 5.92. The van der Waals surface area contributed by atoms with E-state index >= 15 is 0 Å². The fraction of sp³-hybridized carbons (Fsp3) is 0.0833. The van der Waals surface area contributed by atoms with Crippen LogP contribution in [0.25, 0.3) is 0 Å². The summed E-state index contributed by atoms with van der Waals surface area (Å²) in [5, 5.41) is 11.1. The van der Waals surface area contributed by atoms with E-state index < -0.39 is 30.1 Å². The smallest absolute Gasteiger partial charge is 0.343 e. The number of rotatable bonds is 7. The topological polar surface area (TPSA) is 108 Å². The summed E-state index contributed by atoms with van der Waals surface area (Å²) in [6, 6.07) is 35.2. The number of ether oxygens (including phenoxy) is 4. The number of benzene rings is 5. The molecule has 0 bridgehead atoms. The lowest BCUT2D eigenvalue weighted by molar-refractivity contribution is 0.0194. The minimum absolute atomic E-state index is 0.0923. The standard InChI is InChI=1S/C36H26O8/c37-30-22-29-31(43-33(30)23-16-18-27(19-17-23)41-34(38)24-10-4-1-5-11-24)20-28(42-35(39)25-12-6-2-7-13-25)21-32(29)44-36(40)26-14-8-3-9-15-26/h1-21,30,33,37H,22H2/t30-,33-/m1/s1. The monoisotopic (exact) mass is 586 g/mol. The summed E-state index contributed by atoms with van der Waals surface area (Å²) in [7, 11) is 0. The Morgan fingerprint density at radius 3 is 1.59 bits per heavy atom. The normalized spacial score (nSPS) is 15.3. The molecule has 0 fully saturated rings. The first-order chi connectivity index (χ1) is 21.4. The van der Waals surface area contributed by atoms with Crippen LogP contribution in [0.3, 0.4) is 0 Å². The fourth-order valence-electron chi connectivity index (χ4n) is 4.81. The molecular weight excluding hydrogens is 560 g/mol. The van der Waals surface area contributed by atoms with Crippen LogP contribution < -0.4 is 18.9 Å². The van der Waals surface area contributed by atoms with Crippen molar-refractivity contribution >= 4 is 17.9 Å². The molecule has 5 aromatic carbocycles. The Bertz CT molecular complexity index is 1790. The summed E-state index contributed by atoms with van der Waals surface area (Å²) < 4.78 is 23.1. The number of esters is 3. The van der Waals surface area contributed by atoms with Crippen LogP contribution in [-0.4, -0.2) is 29.1 Å². The Hall–Kier alpha value is -5.73. The van der Waals surface area contributed by atoms with Gasteiger partial charge in [-0.25, -0.2) is 14.4 Å². The molecule has 1 N–H and O–H groups in total. The lowest BCUT2D eigenvalue weighted by atomic mass is 9.94. The highest BCUT2D eigenvalue weighted by Gasteiger charge is 2.33. The molecule has 0 amide bonds. The molecule has 1 aliphatic rings. The average molecular weight is 587 g/mol. The van der Waals surface area contributed by atoms with Crippen molar-refractivity contribution in [2.24, 2.45) is 0 Å². The van der Waals surface area contributed by atoms with Crippen molar-refractivity contribution < 1.29 is 38.4 Å². The van der Waals surface area contributed by atoms with E-state index in [9.17, 15) is 19.5 Å². The molecule has 1 heterocycles.